The molecular weight excluding hydrogens is 506 g/mol. The van der Waals surface area contributed by atoms with Gasteiger partial charge in [0.05, 0.1) is 24.4 Å². The average molecular weight is 531 g/mol. The van der Waals surface area contributed by atoms with E-state index < -0.39 is 41.9 Å². The minimum atomic E-state index is -4.75. The number of amides is 1. The van der Waals surface area contributed by atoms with Crippen LogP contribution in [0.25, 0.3) is 16.8 Å². The van der Waals surface area contributed by atoms with Crippen LogP contribution in [-0.2, 0) is 12.7 Å². The second kappa shape index (κ2) is 9.89. The van der Waals surface area contributed by atoms with E-state index in [0.717, 1.165) is 16.9 Å². The summed E-state index contributed by atoms with van der Waals surface area (Å²) in [5, 5.41) is 6.52. The largest absolute Gasteiger partial charge is 0.480 e. The van der Waals surface area contributed by atoms with Crippen molar-refractivity contribution < 1.29 is 28.5 Å². The number of methoxy groups -OCH3 is 1. The number of fused-ring (bicyclic) bond motifs is 1. The zero-order chi connectivity index (χ0) is 27.9. The van der Waals surface area contributed by atoms with E-state index in [9.17, 15) is 22.4 Å². The van der Waals surface area contributed by atoms with E-state index >= 15 is 0 Å². The summed E-state index contributed by atoms with van der Waals surface area (Å²) in [6.45, 7) is -0.786. The fourth-order valence-electron chi connectivity index (χ4n) is 4.44. The number of ether oxygens (including phenoxy) is 1. The van der Waals surface area contributed by atoms with Gasteiger partial charge < -0.3 is 15.8 Å². The van der Waals surface area contributed by atoms with Crippen LogP contribution in [0, 0.1) is 0 Å². The number of carbonyl (C=O) groups excluding carboxylic acids is 1. The molecule has 1 saturated heterocycles. The highest BCUT2D eigenvalue weighted by Crippen LogP contribution is 2.39. The van der Waals surface area contributed by atoms with Crippen LogP contribution in [0.15, 0.2) is 55.0 Å². The molecule has 198 valence electrons. The molecule has 0 spiro atoms. The van der Waals surface area contributed by atoms with E-state index in [1.807, 2.05) is 6.07 Å². The van der Waals surface area contributed by atoms with Gasteiger partial charge in [0.2, 0.25) is 5.88 Å². The molecule has 0 aliphatic carbocycles. The molecule has 1 aromatic carbocycles. The van der Waals surface area contributed by atoms with E-state index in [0.29, 0.717) is 5.56 Å². The van der Waals surface area contributed by atoms with Gasteiger partial charge in [-0.1, -0.05) is 30.3 Å². The number of hydrogen-bond donors (Lipinski definition) is 2. The molecule has 1 aliphatic heterocycles. The van der Waals surface area contributed by atoms with Gasteiger partial charge in [0.15, 0.2) is 5.82 Å². The molecule has 13 heteroatoms. The highest BCUT2D eigenvalue weighted by molar-refractivity contribution is 5.98. The number of carbonyl (C=O) groups is 1. The second-order valence-corrected chi connectivity index (χ2v) is 8.72. The molecule has 3 N–H and O–H groups in total. The third-order valence-corrected chi connectivity index (χ3v) is 6.20. The van der Waals surface area contributed by atoms with Crippen molar-refractivity contribution >= 4 is 17.2 Å². The van der Waals surface area contributed by atoms with Crippen molar-refractivity contribution in [3.05, 3.63) is 71.7 Å². The van der Waals surface area contributed by atoms with Crippen molar-refractivity contribution in [2.45, 2.75) is 24.9 Å². The number of anilines is 1. The minimum absolute atomic E-state index is 0.0362. The molecule has 5 rings (SSSR count). The monoisotopic (exact) mass is 530 g/mol. The lowest BCUT2D eigenvalue weighted by Gasteiger charge is -2.17. The third kappa shape index (κ3) is 4.84. The molecule has 1 unspecified atom stereocenters. The SMILES string of the molecule is [2H]C(c1ccccc1)N1C[C@H](F)[C@H](NC(=O)c2cc(-c3cc(C(F)(F)F)c4c(N)ncnn34)cnc2OC)C1. The number of alkyl halides is 4. The predicted molar refractivity (Wildman–Crippen MR) is 130 cm³/mol. The van der Waals surface area contributed by atoms with Gasteiger partial charge in [-0.15, -0.1) is 0 Å². The second-order valence-electron chi connectivity index (χ2n) is 8.72. The number of nitrogens with two attached hydrogens (primary N) is 1. The Hall–Kier alpha value is -4.26. The van der Waals surface area contributed by atoms with Gasteiger partial charge in [0.25, 0.3) is 5.91 Å². The number of halogens is 4. The molecule has 0 saturated carbocycles. The summed E-state index contributed by atoms with van der Waals surface area (Å²) in [6, 6.07) is 10.1. The number of nitrogens with zero attached hydrogens (tertiary/aromatic N) is 5. The maximum absolute atomic E-state index is 14.9. The van der Waals surface area contributed by atoms with E-state index in [1.54, 1.807) is 29.2 Å². The number of hydrogen-bond acceptors (Lipinski definition) is 7. The Morgan fingerprint density at radius 3 is 2.71 bits per heavy atom. The van der Waals surface area contributed by atoms with Gasteiger partial charge >= 0.3 is 6.18 Å². The molecule has 38 heavy (non-hydrogen) atoms. The molecular formula is C25H23F4N7O2. The summed E-state index contributed by atoms with van der Waals surface area (Å²) in [7, 11) is 1.28. The molecule has 4 aromatic rings. The average Bonchev–Trinajstić information content (AvgIpc) is 3.50. The molecule has 1 aliphatic rings. The number of aromatic nitrogens is 4. The highest BCUT2D eigenvalue weighted by Gasteiger charge is 2.37. The first-order valence-corrected chi connectivity index (χ1v) is 11.5. The predicted octanol–water partition coefficient (Wildman–Crippen LogP) is 3.35. The topological polar surface area (TPSA) is 111 Å². The Bertz CT molecular complexity index is 1520. The molecule has 3 atom stereocenters. The smallest absolute Gasteiger partial charge is 0.418 e. The Labute approximate surface area is 215 Å². The standard InChI is InChI=1S/C25H23F4N7O2/c1-38-24-16(23(37)34-19-12-35(11-18(19)26)10-14-5-3-2-4-6-14)7-15(9-31-24)20-8-17(25(27,28)29)21-22(30)32-13-33-36(20)21/h2-9,13,18-19H,10-12H2,1H3,(H,34,37)(H2,30,32,33)/t18-,19+/m0/s1/i10D/t10?,18-,19+. The van der Waals surface area contributed by atoms with Crippen LogP contribution in [0.4, 0.5) is 23.4 Å². The molecule has 9 nitrogen and oxygen atoms in total. The van der Waals surface area contributed by atoms with Crippen LogP contribution < -0.4 is 15.8 Å². The number of benzene rings is 1. The lowest BCUT2D eigenvalue weighted by atomic mass is 10.1. The van der Waals surface area contributed by atoms with Gasteiger partial charge in [-0.05, 0) is 17.7 Å². The van der Waals surface area contributed by atoms with Crippen molar-refractivity contribution in [2.24, 2.45) is 0 Å². The Kier molecular flexibility index (Phi) is 6.27. The normalized spacial score (nSPS) is 19.3. The van der Waals surface area contributed by atoms with Gasteiger partial charge in [-0.2, -0.15) is 18.3 Å². The Morgan fingerprint density at radius 2 is 2.00 bits per heavy atom. The summed E-state index contributed by atoms with van der Waals surface area (Å²) in [4.78, 5) is 22.6. The minimum Gasteiger partial charge on any atom is -0.480 e. The van der Waals surface area contributed by atoms with Gasteiger partial charge in [0.1, 0.15) is 23.6 Å². The van der Waals surface area contributed by atoms with Gasteiger partial charge in [-0.3, -0.25) is 9.69 Å². The van der Waals surface area contributed by atoms with E-state index in [1.165, 1.54) is 19.4 Å². The molecule has 3 aromatic heterocycles. The summed E-state index contributed by atoms with van der Waals surface area (Å²) in [6.07, 6.45) is -3.95. The quantitative estimate of drug-likeness (QED) is 0.368. The van der Waals surface area contributed by atoms with Crippen LogP contribution in [0.1, 0.15) is 22.9 Å². The van der Waals surface area contributed by atoms with Crippen molar-refractivity contribution in [2.75, 3.05) is 25.9 Å². The summed E-state index contributed by atoms with van der Waals surface area (Å²) >= 11 is 0. The maximum atomic E-state index is 14.9. The Morgan fingerprint density at radius 1 is 1.24 bits per heavy atom. The lowest BCUT2D eigenvalue weighted by Crippen LogP contribution is -2.41. The zero-order valence-electron chi connectivity index (χ0n) is 21.0. The van der Waals surface area contributed by atoms with Crippen molar-refractivity contribution in [1.82, 2.24) is 29.8 Å². The number of nitrogen functional groups attached to an aromatic ring is 1. The van der Waals surface area contributed by atoms with Crippen molar-refractivity contribution in [3.63, 3.8) is 0 Å². The molecule has 1 amide bonds. The fraction of sp³-hybridized carbons (Fsp3) is 0.280. The zero-order valence-corrected chi connectivity index (χ0v) is 20.0. The van der Waals surface area contributed by atoms with Crippen LogP contribution in [0.2, 0.25) is 0 Å². The number of rotatable bonds is 6. The van der Waals surface area contributed by atoms with E-state index in [-0.39, 0.29) is 41.6 Å². The number of likely N-dealkylation sites (tertiary alicyclic amines) is 1. The summed E-state index contributed by atoms with van der Waals surface area (Å²) < 4.78 is 70.8. The van der Waals surface area contributed by atoms with Gasteiger partial charge in [0, 0.05) is 32.7 Å². The fourth-order valence-corrected chi connectivity index (χ4v) is 4.44. The van der Waals surface area contributed by atoms with Crippen molar-refractivity contribution in [1.29, 1.82) is 0 Å². The Balaban J connectivity index is 1.44. The molecule has 1 fully saturated rings. The van der Waals surface area contributed by atoms with Gasteiger partial charge in [-0.25, -0.2) is 18.9 Å². The molecule has 4 heterocycles. The lowest BCUT2D eigenvalue weighted by molar-refractivity contribution is -0.136. The van der Waals surface area contributed by atoms with E-state index in [2.05, 4.69) is 20.4 Å². The first-order valence-electron chi connectivity index (χ1n) is 12.1. The molecule has 0 radical (unpaired) electrons. The summed E-state index contributed by atoms with van der Waals surface area (Å²) in [5.74, 6) is -1.20. The van der Waals surface area contributed by atoms with E-state index in [4.69, 9.17) is 11.8 Å². The maximum Gasteiger partial charge on any atom is 0.418 e. The number of pyridine rings is 1. The number of nitrogens with one attached hydrogen (secondary N) is 1. The third-order valence-electron chi connectivity index (χ3n) is 6.20. The van der Waals surface area contributed by atoms with Crippen LogP contribution >= 0.6 is 0 Å². The van der Waals surface area contributed by atoms with Crippen LogP contribution in [0.5, 0.6) is 5.88 Å². The van der Waals surface area contributed by atoms with Crippen LogP contribution in [0.3, 0.4) is 0 Å². The molecule has 0 bridgehead atoms. The summed E-state index contributed by atoms with van der Waals surface area (Å²) in [5.41, 5.74) is 4.89. The van der Waals surface area contributed by atoms with Crippen molar-refractivity contribution in [3.8, 4) is 17.1 Å². The van der Waals surface area contributed by atoms with Crippen LogP contribution in [-0.4, -0.2) is 62.8 Å². The highest BCUT2D eigenvalue weighted by atomic mass is 19.4. The first-order chi connectivity index (χ1) is 18.6. The first kappa shape index (κ1) is 24.1.